The van der Waals surface area contributed by atoms with Gasteiger partial charge in [-0.05, 0) is 30.4 Å². The second-order valence-corrected chi connectivity index (χ2v) is 6.54. The quantitative estimate of drug-likeness (QED) is 0.848. The Morgan fingerprint density at radius 2 is 1.76 bits per heavy atom. The molecule has 1 N–H and O–H groups in total. The zero-order chi connectivity index (χ0) is 14.7. The van der Waals surface area contributed by atoms with Crippen molar-refractivity contribution in [3.63, 3.8) is 0 Å². The summed E-state index contributed by atoms with van der Waals surface area (Å²) in [6, 6.07) is 14.4. The van der Waals surface area contributed by atoms with E-state index in [4.69, 9.17) is 0 Å². The van der Waals surface area contributed by atoms with Crippen LogP contribution in [0.2, 0.25) is 0 Å². The molecule has 0 amide bonds. The van der Waals surface area contributed by atoms with E-state index in [1.807, 2.05) is 30.3 Å². The van der Waals surface area contributed by atoms with Crippen LogP contribution in [0.3, 0.4) is 0 Å². The molecule has 21 heavy (non-hydrogen) atoms. The van der Waals surface area contributed by atoms with Crippen LogP contribution in [-0.4, -0.2) is 6.54 Å². The SMILES string of the molecule is CC1(CNc2ccc(C#N)c3ccccc23)CCCCC1. The molecule has 0 saturated heterocycles. The van der Waals surface area contributed by atoms with Gasteiger partial charge in [-0.3, -0.25) is 0 Å². The second-order valence-electron chi connectivity index (χ2n) is 6.54. The minimum atomic E-state index is 0.410. The molecule has 2 aromatic rings. The van der Waals surface area contributed by atoms with E-state index in [1.165, 1.54) is 32.1 Å². The van der Waals surface area contributed by atoms with E-state index in [0.29, 0.717) is 5.41 Å². The molecule has 3 rings (SSSR count). The van der Waals surface area contributed by atoms with Gasteiger partial charge in [-0.1, -0.05) is 50.5 Å². The Morgan fingerprint density at radius 3 is 2.48 bits per heavy atom. The normalized spacial score (nSPS) is 17.3. The topological polar surface area (TPSA) is 35.8 Å². The molecular formula is C19H22N2. The van der Waals surface area contributed by atoms with Crippen LogP contribution in [-0.2, 0) is 0 Å². The maximum absolute atomic E-state index is 9.23. The van der Waals surface area contributed by atoms with E-state index in [2.05, 4.69) is 24.4 Å². The Bertz CT molecular complexity index is 676. The predicted octanol–water partition coefficient (Wildman–Crippen LogP) is 5.09. The third-order valence-electron chi connectivity index (χ3n) is 4.81. The van der Waals surface area contributed by atoms with Crippen LogP contribution in [0, 0.1) is 16.7 Å². The largest absolute Gasteiger partial charge is 0.384 e. The highest BCUT2D eigenvalue weighted by atomic mass is 14.9. The predicted molar refractivity (Wildman–Crippen MR) is 88.3 cm³/mol. The summed E-state index contributed by atoms with van der Waals surface area (Å²) in [6.07, 6.45) is 6.72. The molecule has 1 saturated carbocycles. The maximum Gasteiger partial charge on any atom is 0.0998 e. The summed E-state index contributed by atoms with van der Waals surface area (Å²) in [4.78, 5) is 0. The summed E-state index contributed by atoms with van der Waals surface area (Å²) in [6.45, 7) is 3.41. The molecule has 0 heterocycles. The van der Waals surface area contributed by atoms with Crippen molar-refractivity contribution in [2.45, 2.75) is 39.0 Å². The fourth-order valence-electron chi connectivity index (χ4n) is 3.44. The van der Waals surface area contributed by atoms with E-state index >= 15 is 0 Å². The van der Waals surface area contributed by atoms with Crippen molar-refractivity contribution in [2.75, 3.05) is 11.9 Å². The van der Waals surface area contributed by atoms with E-state index < -0.39 is 0 Å². The second kappa shape index (κ2) is 5.77. The lowest BCUT2D eigenvalue weighted by molar-refractivity contribution is 0.233. The van der Waals surface area contributed by atoms with Gasteiger partial charge in [-0.25, -0.2) is 0 Å². The van der Waals surface area contributed by atoms with Crippen molar-refractivity contribution in [2.24, 2.45) is 5.41 Å². The first-order chi connectivity index (χ1) is 10.2. The Kier molecular flexibility index (Phi) is 3.84. The van der Waals surface area contributed by atoms with Gasteiger partial charge in [0.25, 0.3) is 0 Å². The van der Waals surface area contributed by atoms with Crippen molar-refractivity contribution in [3.05, 3.63) is 42.0 Å². The minimum absolute atomic E-state index is 0.410. The van der Waals surface area contributed by atoms with Crippen molar-refractivity contribution < 1.29 is 0 Å². The Balaban J connectivity index is 1.86. The molecule has 1 aliphatic rings. The molecule has 108 valence electrons. The highest BCUT2D eigenvalue weighted by Gasteiger charge is 2.26. The van der Waals surface area contributed by atoms with Gasteiger partial charge in [0.1, 0.15) is 0 Å². The van der Waals surface area contributed by atoms with Gasteiger partial charge in [0.15, 0.2) is 0 Å². The van der Waals surface area contributed by atoms with Crippen LogP contribution in [0.15, 0.2) is 36.4 Å². The monoisotopic (exact) mass is 278 g/mol. The molecule has 2 nitrogen and oxygen atoms in total. The Morgan fingerprint density at radius 1 is 1.05 bits per heavy atom. The fraction of sp³-hybridized carbons (Fsp3) is 0.421. The van der Waals surface area contributed by atoms with Crippen LogP contribution in [0.1, 0.15) is 44.6 Å². The highest BCUT2D eigenvalue weighted by Crippen LogP contribution is 2.36. The average Bonchev–Trinajstić information content (AvgIpc) is 2.53. The number of hydrogen-bond donors (Lipinski definition) is 1. The van der Waals surface area contributed by atoms with Crippen molar-refractivity contribution >= 4 is 16.5 Å². The van der Waals surface area contributed by atoms with E-state index in [1.54, 1.807) is 0 Å². The number of rotatable bonds is 3. The molecule has 0 bridgehead atoms. The van der Waals surface area contributed by atoms with Crippen LogP contribution in [0.5, 0.6) is 0 Å². The number of fused-ring (bicyclic) bond motifs is 1. The number of hydrogen-bond acceptors (Lipinski definition) is 2. The molecule has 2 aromatic carbocycles. The molecule has 1 fully saturated rings. The zero-order valence-corrected chi connectivity index (χ0v) is 12.7. The molecule has 2 heteroatoms. The molecule has 0 aromatic heterocycles. The lowest BCUT2D eigenvalue weighted by Crippen LogP contribution is -2.28. The average molecular weight is 278 g/mol. The van der Waals surface area contributed by atoms with E-state index in [-0.39, 0.29) is 0 Å². The summed E-state index contributed by atoms with van der Waals surface area (Å²) >= 11 is 0. The van der Waals surface area contributed by atoms with Gasteiger partial charge in [0.05, 0.1) is 11.6 Å². The molecule has 0 unspecified atom stereocenters. The lowest BCUT2D eigenvalue weighted by Gasteiger charge is -2.34. The van der Waals surface area contributed by atoms with Crippen LogP contribution in [0.25, 0.3) is 10.8 Å². The van der Waals surface area contributed by atoms with Crippen molar-refractivity contribution in [3.8, 4) is 6.07 Å². The first kappa shape index (κ1) is 13.9. The maximum atomic E-state index is 9.23. The van der Waals surface area contributed by atoms with Crippen molar-refractivity contribution in [1.29, 1.82) is 5.26 Å². The molecule has 0 aliphatic heterocycles. The minimum Gasteiger partial charge on any atom is -0.384 e. The molecule has 0 spiro atoms. The first-order valence-corrected chi connectivity index (χ1v) is 7.88. The number of anilines is 1. The number of nitrogens with one attached hydrogen (secondary N) is 1. The lowest BCUT2D eigenvalue weighted by atomic mass is 9.75. The third kappa shape index (κ3) is 2.88. The van der Waals surface area contributed by atoms with E-state index in [9.17, 15) is 5.26 Å². The third-order valence-corrected chi connectivity index (χ3v) is 4.81. The summed E-state index contributed by atoms with van der Waals surface area (Å²) in [5, 5.41) is 15.1. The van der Waals surface area contributed by atoms with Crippen LogP contribution >= 0.6 is 0 Å². The van der Waals surface area contributed by atoms with Gasteiger partial charge in [0.2, 0.25) is 0 Å². The Hall–Kier alpha value is -2.01. The van der Waals surface area contributed by atoms with Gasteiger partial charge >= 0.3 is 0 Å². The molecule has 0 atom stereocenters. The molecular weight excluding hydrogens is 256 g/mol. The van der Waals surface area contributed by atoms with Crippen LogP contribution < -0.4 is 5.32 Å². The fourth-order valence-corrected chi connectivity index (χ4v) is 3.44. The molecule has 1 aliphatic carbocycles. The van der Waals surface area contributed by atoms with Gasteiger partial charge in [-0.2, -0.15) is 5.26 Å². The van der Waals surface area contributed by atoms with Crippen LogP contribution in [0.4, 0.5) is 5.69 Å². The zero-order valence-electron chi connectivity index (χ0n) is 12.7. The standard InChI is InChI=1S/C19H22N2/c1-19(11-5-2-6-12-19)14-21-18-10-9-15(13-20)16-7-3-4-8-17(16)18/h3-4,7-10,21H,2,5-6,11-12,14H2,1H3. The highest BCUT2D eigenvalue weighted by molar-refractivity contribution is 5.97. The number of benzene rings is 2. The van der Waals surface area contributed by atoms with Crippen molar-refractivity contribution in [1.82, 2.24) is 0 Å². The van der Waals surface area contributed by atoms with Gasteiger partial charge < -0.3 is 5.32 Å². The summed E-state index contributed by atoms with van der Waals surface area (Å²) in [7, 11) is 0. The summed E-state index contributed by atoms with van der Waals surface area (Å²) < 4.78 is 0. The first-order valence-electron chi connectivity index (χ1n) is 7.88. The summed E-state index contributed by atoms with van der Waals surface area (Å²) in [5.41, 5.74) is 2.31. The number of nitrogens with zero attached hydrogens (tertiary/aromatic N) is 1. The number of nitriles is 1. The van der Waals surface area contributed by atoms with Gasteiger partial charge in [0, 0.05) is 23.0 Å². The van der Waals surface area contributed by atoms with Gasteiger partial charge in [-0.15, -0.1) is 0 Å². The molecule has 0 radical (unpaired) electrons. The summed E-state index contributed by atoms with van der Waals surface area (Å²) in [5.74, 6) is 0. The Labute approximate surface area is 126 Å². The van der Waals surface area contributed by atoms with E-state index in [0.717, 1.165) is 28.6 Å². The smallest absolute Gasteiger partial charge is 0.0998 e.